The van der Waals surface area contributed by atoms with Crippen molar-refractivity contribution in [3.05, 3.63) is 12.2 Å². The molecule has 0 radical (unpaired) electrons. The van der Waals surface area contributed by atoms with Crippen LogP contribution in [0.1, 0.15) is 450 Å². The average Bonchev–Trinajstić information content (AvgIpc) is 2.14. The molecule has 0 aliphatic rings. The third kappa shape index (κ3) is 77.8. The van der Waals surface area contributed by atoms with Crippen LogP contribution in [0, 0.1) is 0 Å². The zero-order valence-corrected chi connectivity index (χ0v) is 63.7. The van der Waals surface area contributed by atoms with Crippen LogP contribution in [-0.2, 0) is 32.7 Å². The molecule has 2 unspecified atom stereocenters. The van der Waals surface area contributed by atoms with Crippen LogP contribution in [0.15, 0.2) is 12.2 Å². The smallest absolute Gasteiger partial charge is 0.462 e. The molecule has 1 N–H and O–H groups in total. The Hall–Kier alpha value is -1.25. The topological polar surface area (TPSA) is 108 Å². The molecule has 0 saturated carbocycles. The number of hydrogen-bond acceptors (Lipinski definition) is 7. The number of carbonyl (C=O) groups is 2. The molecule has 0 aliphatic carbocycles. The van der Waals surface area contributed by atoms with E-state index >= 15 is 0 Å². The standard InChI is InChI=1S/C82H162NO8P/c1-6-8-10-12-14-16-18-20-22-24-26-28-30-32-34-36-37-38-39-40-41-42-43-44-45-47-48-50-52-54-56-58-60-62-64-66-68-70-72-74-81(84)88-78-80(79-90-92(86,87)89-77-76-83(3,4)5)91-82(85)75-73-71-69-67-65-63-61-59-57-55-53-51-49-46-35-33-31-29-27-25-23-21-19-17-15-13-11-9-7-2/h25,27,80H,6-24,26,28-79H2,1-5H3/p+1/b27-25-. The van der Waals surface area contributed by atoms with E-state index in [2.05, 4.69) is 26.0 Å². The highest BCUT2D eigenvalue weighted by atomic mass is 31.2. The fraction of sp³-hybridized carbons (Fsp3) is 0.951. The highest BCUT2D eigenvalue weighted by Gasteiger charge is 2.27. The number of phosphoric ester groups is 1. The number of ether oxygens (including phenoxy) is 2. The fourth-order valence-corrected chi connectivity index (χ4v) is 13.7. The van der Waals surface area contributed by atoms with Crippen molar-refractivity contribution in [3.8, 4) is 0 Å². The molecule has 0 fully saturated rings. The number of nitrogens with zero attached hydrogens (tertiary/aromatic N) is 1. The third-order valence-electron chi connectivity index (χ3n) is 19.3. The van der Waals surface area contributed by atoms with Gasteiger partial charge in [0.15, 0.2) is 6.10 Å². The number of quaternary nitrogens is 1. The van der Waals surface area contributed by atoms with Gasteiger partial charge in [-0.1, -0.05) is 411 Å². The van der Waals surface area contributed by atoms with Gasteiger partial charge in [-0.2, -0.15) is 0 Å². The molecule has 0 bridgehead atoms. The summed E-state index contributed by atoms with van der Waals surface area (Å²) in [7, 11) is 1.51. The van der Waals surface area contributed by atoms with Gasteiger partial charge in [-0.25, -0.2) is 4.57 Å². The number of unbranched alkanes of at least 4 members (excludes halogenated alkanes) is 63. The summed E-state index contributed by atoms with van der Waals surface area (Å²) in [5, 5.41) is 0. The molecular weight excluding hydrogens is 1160 g/mol. The number of hydrogen-bond donors (Lipinski definition) is 1. The molecule has 0 saturated heterocycles. The van der Waals surface area contributed by atoms with Crippen molar-refractivity contribution in [3.63, 3.8) is 0 Å². The summed E-state index contributed by atoms with van der Waals surface area (Å²) in [4.78, 5) is 36.0. The van der Waals surface area contributed by atoms with E-state index in [1.54, 1.807) is 0 Å². The molecule has 0 aromatic rings. The summed E-state index contributed by atoms with van der Waals surface area (Å²) >= 11 is 0. The quantitative estimate of drug-likeness (QED) is 0.0211. The minimum absolute atomic E-state index is 0.0366. The summed E-state index contributed by atoms with van der Waals surface area (Å²) in [6, 6.07) is 0. The molecular formula is C82H163NO8P+. The Morgan fingerprint density at radius 2 is 0.554 bits per heavy atom. The van der Waals surface area contributed by atoms with Crippen LogP contribution in [0.25, 0.3) is 0 Å². The van der Waals surface area contributed by atoms with E-state index in [0.29, 0.717) is 17.4 Å². The largest absolute Gasteiger partial charge is 0.472 e. The van der Waals surface area contributed by atoms with E-state index in [9.17, 15) is 19.0 Å². The minimum atomic E-state index is -4.39. The van der Waals surface area contributed by atoms with E-state index in [0.717, 1.165) is 38.5 Å². The summed E-state index contributed by atoms with van der Waals surface area (Å²) in [5.74, 6) is -0.767. The van der Waals surface area contributed by atoms with Gasteiger partial charge in [0.1, 0.15) is 19.8 Å². The van der Waals surface area contributed by atoms with Gasteiger partial charge < -0.3 is 18.9 Å². The maximum Gasteiger partial charge on any atom is 0.472 e. The highest BCUT2D eigenvalue weighted by molar-refractivity contribution is 7.47. The third-order valence-corrected chi connectivity index (χ3v) is 20.3. The van der Waals surface area contributed by atoms with E-state index in [4.69, 9.17) is 18.5 Å². The van der Waals surface area contributed by atoms with E-state index in [1.807, 2.05) is 21.1 Å². The number of phosphoric acid groups is 1. The predicted octanol–water partition coefficient (Wildman–Crippen LogP) is 27.4. The van der Waals surface area contributed by atoms with Crippen LogP contribution in [0.4, 0.5) is 0 Å². The zero-order chi connectivity index (χ0) is 66.9. The van der Waals surface area contributed by atoms with E-state index < -0.39 is 26.5 Å². The molecule has 9 nitrogen and oxygen atoms in total. The second kappa shape index (κ2) is 74.0. The lowest BCUT2D eigenvalue weighted by molar-refractivity contribution is -0.870. The lowest BCUT2D eigenvalue weighted by Crippen LogP contribution is -2.37. The molecule has 0 spiro atoms. The summed E-state index contributed by atoms with van der Waals surface area (Å²) < 4.78 is 34.8. The van der Waals surface area contributed by atoms with Crippen molar-refractivity contribution in [2.75, 3.05) is 47.5 Å². The van der Waals surface area contributed by atoms with Crippen molar-refractivity contribution in [2.45, 2.75) is 457 Å². The van der Waals surface area contributed by atoms with Gasteiger partial charge in [-0.05, 0) is 38.5 Å². The summed E-state index contributed by atoms with van der Waals surface area (Å²) in [6.07, 6.45) is 93.9. The van der Waals surface area contributed by atoms with Gasteiger partial charge >= 0.3 is 19.8 Å². The van der Waals surface area contributed by atoms with Crippen LogP contribution in [-0.4, -0.2) is 74.9 Å². The van der Waals surface area contributed by atoms with Crippen LogP contribution >= 0.6 is 7.82 Å². The van der Waals surface area contributed by atoms with Gasteiger partial charge in [0, 0.05) is 12.8 Å². The monoisotopic (exact) mass is 1320 g/mol. The molecule has 0 amide bonds. The Morgan fingerprint density at radius 1 is 0.326 bits per heavy atom. The maximum absolute atomic E-state index is 12.9. The average molecular weight is 1320 g/mol. The molecule has 0 rings (SSSR count). The summed E-state index contributed by atoms with van der Waals surface area (Å²) in [5.41, 5.74) is 0. The number of carbonyl (C=O) groups excluding carboxylic acids is 2. The normalized spacial score (nSPS) is 13.0. The lowest BCUT2D eigenvalue weighted by atomic mass is 10.0. The Bertz CT molecular complexity index is 1550. The Morgan fingerprint density at radius 3 is 0.804 bits per heavy atom. The summed E-state index contributed by atoms with van der Waals surface area (Å²) in [6.45, 7) is 4.53. The Kier molecular flexibility index (Phi) is 73.0. The molecule has 0 aromatic carbocycles. The first-order valence-corrected chi connectivity index (χ1v) is 42.9. The first-order chi connectivity index (χ1) is 45.0. The van der Waals surface area contributed by atoms with Crippen LogP contribution < -0.4 is 0 Å². The van der Waals surface area contributed by atoms with Crippen molar-refractivity contribution >= 4 is 19.8 Å². The number of esters is 2. The van der Waals surface area contributed by atoms with E-state index in [-0.39, 0.29) is 25.6 Å². The number of likely N-dealkylation sites (N-methyl/N-ethyl adjacent to an activating group) is 1. The molecule has 0 heterocycles. The van der Waals surface area contributed by atoms with Gasteiger partial charge in [0.25, 0.3) is 0 Å². The van der Waals surface area contributed by atoms with Gasteiger partial charge in [0.2, 0.25) is 0 Å². The van der Waals surface area contributed by atoms with Gasteiger partial charge in [0.05, 0.1) is 27.7 Å². The molecule has 92 heavy (non-hydrogen) atoms. The molecule has 0 aliphatic heterocycles. The predicted molar refractivity (Wildman–Crippen MR) is 400 cm³/mol. The maximum atomic E-state index is 12.9. The van der Waals surface area contributed by atoms with Gasteiger partial charge in [-0.3, -0.25) is 18.6 Å². The minimum Gasteiger partial charge on any atom is -0.462 e. The Labute approximate surface area is 575 Å². The molecule has 2 atom stereocenters. The van der Waals surface area contributed by atoms with Crippen LogP contribution in [0.5, 0.6) is 0 Å². The van der Waals surface area contributed by atoms with Crippen molar-refractivity contribution < 1.29 is 42.1 Å². The Balaban J connectivity index is 3.85. The lowest BCUT2D eigenvalue weighted by Gasteiger charge is -2.24. The van der Waals surface area contributed by atoms with Gasteiger partial charge in [-0.15, -0.1) is 0 Å². The zero-order valence-electron chi connectivity index (χ0n) is 62.8. The van der Waals surface area contributed by atoms with Crippen molar-refractivity contribution in [1.29, 1.82) is 0 Å². The second-order valence-electron chi connectivity index (χ2n) is 29.9. The highest BCUT2D eigenvalue weighted by Crippen LogP contribution is 2.43. The molecule has 0 aromatic heterocycles. The second-order valence-corrected chi connectivity index (χ2v) is 31.3. The first kappa shape index (κ1) is 90.8. The van der Waals surface area contributed by atoms with E-state index in [1.165, 1.54) is 385 Å². The van der Waals surface area contributed by atoms with Crippen molar-refractivity contribution in [2.24, 2.45) is 0 Å². The molecule has 548 valence electrons. The number of allylic oxidation sites excluding steroid dienone is 2. The van der Waals surface area contributed by atoms with Crippen LogP contribution in [0.3, 0.4) is 0 Å². The fourth-order valence-electron chi connectivity index (χ4n) is 13.0. The van der Waals surface area contributed by atoms with Crippen LogP contribution in [0.2, 0.25) is 0 Å². The molecule has 10 heteroatoms. The first-order valence-electron chi connectivity index (χ1n) is 41.4. The SMILES string of the molecule is CCCCCCCCCC/C=C\CCCCCCCCCCCCCCCCCCCC(=O)OC(COC(=O)CCCCCCCCCCCCCCCCCCCCCCCCCCCCCCCCCCCCCCCCC)COP(=O)(O)OCC[N+](C)(C)C. The number of rotatable bonds is 79. The van der Waals surface area contributed by atoms with Crippen molar-refractivity contribution in [1.82, 2.24) is 0 Å².